The van der Waals surface area contributed by atoms with E-state index in [9.17, 15) is 14.0 Å². The van der Waals surface area contributed by atoms with Crippen molar-refractivity contribution in [1.29, 1.82) is 0 Å². The number of halogens is 1. The van der Waals surface area contributed by atoms with Crippen LogP contribution in [0.15, 0.2) is 36.5 Å². The second-order valence-electron chi connectivity index (χ2n) is 5.90. The summed E-state index contributed by atoms with van der Waals surface area (Å²) < 4.78 is 19.7. The zero-order valence-corrected chi connectivity index (χ0v) is 13.9. The second-order valence-corrected chi connectivity index (χ2v) is 5.90. The van der Waals surface area contributed by atoms with Crippen molar-refractivity contribution in [3.63, 3.8) is 0 Å². The van der Waals surface area contributed by atoms with Crippen LogP contribution in [0.25, 0.3) is 0 Å². The largest absolute Gasteiger partial charge is 0.478 e. The van der Waals surface area contributed by atoms with E-state index in [1.807, 2.05) is 0 Å². The number of carboxylic acids is 1. The minimum Gasteiger partial charge on any atom is -0.478 e. The van der Waals surface area contributed by atoms with Gasteiger partial charge < -0.3 is 20.5 Å². The van der Waals surface area contributed by atoms with Gasteiger partial charge in [-0.2, -0.15) is 0 Å². The highest BCUT2D eigenvalue weighted by atomic mass is 19.1. The molecule has 1 aromatic carbocycles. The molecule has 1 aliphatic rings. The number of amides is 1. The monoisotopic (exact) mass is 359 g/mol. The van der Waals surface area contributed by atoms with Crippen molar-refractivity contribution in [2.45, 2.75) is 18.9 Å². The average Bonchev–Trinajstić information content (AvgIpc) is 3.14. The third-order valence-electron chi connectivity index (χ3n) is 4.01. The molecule has 3 N–H and O–H groups in total. The van der Waals surface area contributed by atoms with E-state index in [-0.39, 0.29) is 23.0 Å². The summed E-state index contributed by atoms with van der Waals surface area (Å²) in [6.07, 6.45) is 3.28. The summed E-state index contributed by atoms with van der Waals surface area (Å²) in [6, 6.07) is 6.72. The first-order valence-electron chi connectivity index (χ1n) is 8.18. The molecule has 26 heavy (non-hydrogen) atoms. The van der Waals surface area contributed by atoms with Gasteiger partial charge in [0.2, 0.25) is 0 Å². The Kier molecular flexibility index (Phi) is 5.43. The molecule has 0 saturated carbocycles. The molecule has 8 heteroatoms. The fourth-order valence-electron chi connectivity index (χ4n) is 2.65. The normalized spacial score (nSPS) is 16.3. The number of rotatable bonds is 6. The number of ether oxygens (including phenoxy) is 1. The van der Waals surface area contributed by atoms with Gasteiger partial charge in [-0.3, -0.25) is 9.78 Å². The Labute approximate surface area is 149 Å². The van der Waals surface area contributed by atoms with Gasteiger partial charge in [-0.05, 0) is 43.2 Å². The molecule has 2 heterocycles. The Balaban J connectivity index is 1.64. The lowest BCUT2D eigenvalue weighted by Crippen LogP contribution is -2.19. The first-order valence-corrected chi connectivity index (χ1v) is 8.18. The van der Waals surface area contributed by atoms with E-state index in [0.29, 0.717) is 12.2 Å². The Hall–Kier alpha value is -3.00. The molecule has 1 saturated heterocycles. The predicted octanol–water partition coefficient (Wildman–Crippen LogP) is 2.76. The summed E-state index contributed by atoms with van der Waals surface area (Å²) >= 11 is 0. The molecular formula is C18H18FN3O4. The maximum atomic E-state index is 14.2. The quantitative estimate of drug-likeness (QED) is 0.733. The molecule has 1 amide bonds. The maximum absolute atomic E-state index is 14.2. The number of benzene rings is 1. The van der Waals surface area contributed by atoms with Crippen LogP contribution >= 0.6 is 0 Å². The lowest BCUT2D eigenvalue weighted by Gasteiger charge is -2.13. The fraction of sp³-hybridized carbons (Fsp3) is 0.278. The van der Waals surface area contributed by atoms with Gasteiger partial charge in [0.1, 0.15) is 11.5 Å². The lowest BCUT2D eigenvalue weighted by molar-refractivity contribution is 0.0696. The third-order valence-corrected chi connectivity index (χ3v) is 4.01. The second kappa shape index (κ2) is 7.92. The molecule has 0 bridgehead atoms. The SMILES string of the molecule is O=C(O)c1ccnc(C(=O)Nc2ccc(NCC3CCCO3)c(F)c2)c1. The van der Waals surface area contributed by atoms with Gasteiger partial charge in [-0.15, -0.1) is 0 Å². The predicted molar refractivity (Wildman–Crippen MR) is 93.0 cm³/mol. The Bertz CT molecular complexity index is 822. The first-order chi connectivity index (χ1) is 12.5. The summed E-state index contributed by atoms with van der Waals surface area (Å²) in [6.45, 7) is 1.26. The third kappa shape index (κ3) is 4.34. The van der Waals surface area contributed by atoms with Crippen LogP contribution in [0.5, 0.6) is 0 Å². The van der Waals surface area contributed by atoms with Gasteiger partial charge in [-0.1, -0.05) is 0 Å². The summed E-state index contributed by atoms with van der Waals surface area (Å²) in [7, 11) is 0. The number of carbonyl (C=O) groups excluding carboxylic acids is 1. The lowest BCUT2D eigenvalue weighted by atomic mass is 10.2. The van der Waals surface area contributed by atoms with E-state index < -0.39 is 17.7 Å². The molecule has 1 unspecified atom stereocenters. The number of carbonyl (C=O) groups is 2. The van der Waals surface area contributed by atoms with Gasteiger partial charge in [0.05, 0.1) is 17.4 Å². The number of nitrogens with zero attached hydrogens (tertiary/aromatic N) is 1. The number of anilines is 2. The number of pyridine rings is 1. The number of nitrogens with one attached hydrogen (secondary N) is 2. The zero-order valence-electron chi connectivity index (χ0n) is 13.9. The Morgan fingerprint density at radius 2 is 2.15 bits per heavy atom. The van der Waals surface area contributed by atoms with Crippen molar-refractivity contribution in [3.05, 3.63) is 53.6 Å². The topological polar surface area (TPSA) is 101 Å². The highest BCUT2D eigenvalue weighted by molar-refractivity contribution is 6.04. The van der Waals surface area contributed by atoms with E-state index in [1.54, 1.807) is 6.07 Å². The van der Waals surface area contributed by atoms with Crippen LogP contribution in [0.4, 0.5) is 15.8 Å². The molecule has 0 spiro atoms. The van der Waals surface area contributed by atoms with Crippen molar-refractivity contribution in [2.24, 2.45) is 0 Å². The molecule has 136 valence electrons. The Morgan fingerprint density at radius 1 is 1.31 bits per heavy atom. The van der Waals surface area contributed by atoms with E-state index in [4.69, 9.17) is 9.84 Å². The van der Waals surface area contributed by atoms with E-state index in [2.05, 4.69) is 15.6 Å². The van der Waals surface area contributed by atoms with Crippen LogP contribution in [-0.2, 0) is 4.74 Å². The molecular weight excluding hydrogens is 341 g/mol. The van der Waals surface area contributed by atoms with E-state index in [1.165, 1.54) is 24.4 Å². The standard InChI is InChI=1S/C18H18FN3O4/c19-14-9-12(3-4-15(14)21-10-13-2-1-7-26-13)22-17(23)16-8-11(18(24)25)5-6-20-16/h3-6,8-9,13,21H,1-2,7,10H2,(H,22,23)(H,24,25). The minimum absolute atomic E-state index is 0.0509. The summed E-state index contributed by atoms with van der Waals surface area (Å²) in [5.74, 6) is -2.28. The van der Waals surface area contributed by atoms with Crippen molar-refractivity contribution in [2.75, 3.05) is 23.8 Å². The number of aromatic nitrogens is 1. The Morgan fingerprint density at radius 3 is 2.85 bits per heavy atom. The van der Waals surface area contributed by atoms with Crippen molar-refractivity contribution < 1.29 is 23.8 Å². The molecule has 0 aliphatic carbocycles. The number of hydrogen-bond acceptors (Lipinski definition) is 5. The summed E-state index contributed by atoms with van der Waals surface area (Å²) in [5, 5.41) is 14.5. The smallest absolute Gasteiger partial charge is 0.335 e. The van der Waals surface area contributed by atoms with Gasteiger partial charge in [0.15, 0.2) is 0 Å². The van der Waals surface area contributed by atoms with Crippen LogP contribution < -0.4 is 10.6 Å². The first kappa shape index (κ1) is 17.8. The molecule has 1 aromatic heterocycles. The van der Waals surface area contributed by atoms with Crippen LogP contribution in [0.2, 0.25) is 0 Å². The van der Waals surface area contributed by atoms with Crippen molar-refractivity contribution in [1.82, 2.24) is 4.98 Å². The molecule has 1 atom stereocenters. The van der Waals surface area contributed by atoms with Crippen molar-refractivity contribution >= 4 is 23.3 Å². The minimum atomic E-state index is -1.16. The van der Waals surface area contributed by atoms with Crippen molar-refractivity contribution in [3.8, 4) is 0 Å². The van der Waals surface area contributed by atoms with Gasteiger partial charge in [0, 0.05) is 25.0 Å². The maximum Gasteiger partial charge on any atom is 0.335 e. The molecule has 1 aliphatic heterocycles. The van der Waals surface area contributed by atoms with Crippen LogP contribution in [-0.4, -0.2) is 41.2 Å². The van der Waals surface area contributed by atoms with Crippen LogP contribution in [0, 0.1) is 5.82 Å². The van der Waals surface area contributed by atoms with Crippen LogP contribution in [0.1, 0.15) is 33.7 Å². The fourth-order valence-corrected chi connectivity index (χ4v) is 2.65. The molecule has 7 nitrogen and oxygen atoms in total. The van der Waals surface area contributed by atoms with E-state index in [0.717, 1.165) is 25.5 Å². The number of hydrogen-bond donors (Lipinski definition) is 3. The van der Waals surface area contributed by atoms with Gasteiger partial charge in [0.25, 0.3) is 5.91 Å². The average molecular weight is 359 g/mol. The van der Waals surface area contributed by atoms with Gasteiger partial charge >= 0.3 is 5.97 Å². The highest BCUT2D eigenvalue weighted by Crippen LogP contribution is 2.21. The number of carboxylic acid groups (broad SMARTS) is 1. The van der Waals surface area contributed by atoms with E-state index >= 15 is 0 Å². The molecule has 3 rings (SSSR count). The molecule has 1 fully saturated rings. The summed E-state index contributed by atoms with van der Waals surface area (Å²) in [4.78, 5) is 26.9. The summed E-state index contributed by atoms with van der Waals surface area (Å²) in [5.41, 5.74) is 0.457. The molecule has 2 aromatic rings. The zero-order chi connectivity index (χ0) is 18.5. The number of aromatic carboxylic acids is 1. The molecule has 0 radical (unpaired) electrons. The van der Waals surface area contributed by atoms with Gasteiger partial charge in [-0.25, -0.2) is 9.18 Å². The van der Waals surface area contributed by atoms with Crippen LogP contribution in [0.3, 0.4) is 0 Å². The highest BCUT2D eigenvalue weighted by Gasteiger charge is 2.16.